The highest BCUT2D eigenvalue weighted by molar-refractivity contribution is 7.17. The summed E-state index contributed by atoms with van der Waals surface area (Å²) in [5.74, 6) is -0.120. The van der Waals surface area contributed by atoms with E-state index in [0.29, 0.717) is 11.3 Å². The third-order valence-corrected chi connectivity index (χ3v) is 9.31. The lowest BCUT2D eigenvalue weighted by atomic mass is 10.1. The number of fused-ring (bicyclic) bond motifs is 1. The lowest BCUT2D eigenvalue weighted by Gasteiger charge is -2.14. The van der Waals surface area contributed by atoms with E-state index in [4.69, 9.17) is 11.6 Å². The fourth-order valence-corrected chi connectivity index (χ4v) is 6.69. The van der Waals surface area contributed by atoms with Crippen LogP contribution in [0, 0.1) is 0 Å². The Morgan fingerprint density at radius 1 is 0.912 bits per heavy atom. The maximum Gasteiger partial charge on any atom is 0.407 e. The Morgan fingerprint density at radius 3 is 2.00 bits per heavy atom. The highest BCUT2D eigenvalue weighted by Crippen LogP contribution is 2.37. The largest absolute Gasteiger partial charge is 0.453 e. The molecule has 57 heavy (non-hydrogen) atoms. The molecule has 7 rings (SSSR count). The lowest BCUT2D eigenvalue weighted by molar-refractivity contribution is -0.131. The molecule has 0 aliphatic carbocycles. The van der Waals surface area contributed by atoms with Gasteiger partial charge in [0, 0.05) is 48.1 Å². The number of ether oxygens (including phenoxy) is 1. The Morgan fingerprint density at radius 2 is 1.51 bits per heavy atom. The summed E-state index contributed by atoms with van der Waals surface area (Å²) in [5, 5.41) is 8.66. The van der Waals surface area contributed by atoms with Crippen LogP contribution in [0.25, 0.3) is 38.4 Å². The molecule has 5 aromatic rings. The molecule has 14 nitrogen and oxygen atoms in total. The summed E-state index contributed by atoms with van der Waals surface area (Å²) in [6.45, 7) is 14.4. The van der Waals surface area contributed by atoms with E-state index in [0.717, 1.165) is 59.0 Å². The number of nitrogens with zero attached hydrogens (tertiary/aromatic N) is 5. The Kier molecular flexibility index (Phi) is 23.3. The third kappa shape index (κ3) is 17.0. The fraction of sp³-hybridized carbons (Fsp3) is 0.463. The van der Waals surface area contributed by atoms with E-state index in [1.807, 2.05) is 24.4 Å². The third-order valence-electron chi connectivity index (χ3n) is 8.02. The van der Waals surface area contributed by atoms with Crippen molar-refractivity contribution >= 4 is 57.3 Å². The Bertz CT molecular complexity index is 1860. The lowest BCUT2D eigenvalue weighted by Crippen LogP contribution is -2.37. The summed E-state index contributed by atoms with van der Waals surface area (Å²) in [6, 6.07) is 8.15. The van der Waals surface area contributed by atoms with Crippen molar-refractivity contribution in [2.45, 2.75) is 73.1 Å². The first kappa shape index (κ1) is 48.2. The number of imidazole rings is 2. The summed E-state index contributed by atoms with van der Waals surface area (Å²) >= 11 is 8.27. The number of thiophene rings is 1. The van der Waals surface area contributed by atoms with Crippen LogP contribution in [0.4, 0.5) is 4.79 Å². The first-order valence-corrected chi connectivity index (χ1v) is 20.6. The van der Waals surface area contributed by atoms with Gasteiger partial charge in [-0.3, -0.25) is 9.59 Å². The summed E-state index contributed by atoms with van der Waals surface area (Å²) in [5.41, 5.74) is 5.09. The predicted octanol–water partition coefficient (Wildman–Crippen LogP) is 7.96. The molecule has 312 valence electrons. The highest BCUT2D eigenvalue weighted by atomic mass is 35.5. The molecule has 0 atom stereocenters. The predicted molar refractivity (Wildman–Crippen MR) is 231 cm³/mol. The number of aldehydes is 1. The molecule has 6 heterocycles. The SMILES string of the molecule is CC(=O)NCC(=O)N1CCCC1.CCC.CCC.CN1CCCC1.COC(=O)NCC=O.Clc1cc(-c2cnc[nH]2)ccc1-n1ccc2c(-c3cnc[nH]3)csc21. The molecule has 2 aliphatic heterocycles. The minimum absolute atomic E-state index is 0.00662. The van der Waals surface area contributed by atoms with Crippen molar-refractivity contribution in [3.8, 4) is 28.2 Å². The van der Waals surface area contributed by atoms with Crippen molar-refractivity contribution in [3.05, 3.63) is 65.9 Å². The van der Waals surface area contributed by atoms with Crippen molar-refractivity contribution in [3.63, 3.8) is 0 Å². The first-order chi connectivity index (χ1) is 27.5. The van der Waals surface area contributed by atoms with Crippen LogP contribution in [-0.4, -0.2) is 112 Å². The van der Waals surface area contributed by atoms with E-state index in [1.165, 1.54) is 58.2 Å². The first-order valence-electron chi connectivity index (χ1n) is 19.4. The van der Waals surface area contributed by atoms with E-state index in [2.05, 4.69) is 97.2 Å². The van der Waals surface area contributed by atoms with Gasteiger partial charge in [0.2, 0.25) is 11.8 Å². The number of hydrogen-bond acceptors (Lipinski definition) is 9. The molecule has 4 aromatic heterocycles. The number of carbonyl (C=O) groups excluding carboxylic acids is 4. The van der Waals surface area contributed by atoms with E-state index in [-0.39, 0.29) is 24.9 Å². The summed E-state index contributed by atoms with van der Waals surface area (Å²) in [4.78, 5) is 61.1. The maximum absolute atomic E-state index is 11.3. The summed E-state index contributed by atoms with van der Waals surface area (Å²) < 4.78 is 6.27. The number of halogens is 1. The molecule has 0 radical (unpaired) electrons. The second-order valence-electron chi connectivity index (χ2n) is 13.1. The zero-order valence-corrected chi connectivity index (χ0v) is 36.0. The number of aromatic nitrogens is 5. The quantitative estimate of drug-likeness (QED) is 0.120. The molecule has 2 aliphatic rings. The van der Waals surface area contributed by atoms with Gasteiger partial charge in [0.1, 0.15) is 11.1 Å². The van der Waals surface area contributed by atoms with Crippen LogP contribution in [0.2, 0.25) is 5.02 Å². The van der Waals surface area contributed by atoms with Gasteiger partial charge in [-0.25, -0.2) is 14.8 Å². The second kappa shape index (κ2) is 27.6. The molecule has 0 unspecified atom stereocenters. The molecule has 4 N–H and O–H groups in total. The van der Waals surface area contributed by atoms with Crippen LogP contribution in [0.3, 0.4) is 0 Å². The average molecular weight is 827 g/mol. The van der Waals surface area contributed by atoms with Crippen LogP contribution in [-0.2, 0) is 19.1 Å². The fourth-order valence-electron chi connectivity index (χ4n) is 5.36. The number of alkyl carbamates (subject to hydrolysis) is 1. The zero-order valence-electron chi connectivity index (χ0n) is 34.4. The number of aromatic amines is 2. The second-order valence-corrected chi connectivity index (χ2v) is 14.4. The Balaban J connectivity index is 0.000000291. The number of likely N-dealkylation sites (tertiary alicyclic amines) is 2. The summed E-state index contributed by atoms with van der Waals surface area (Å²) in [6.07, 6.45) is 16.5. The van der Waals surface area contributed by atoms with Crippen molar-refractivity contribution in [2.24, 2.45) is 0 Å². The molecular formula is C41H60ClN9O5S. The van der Waals surface area contributed by atoms with Gasteiger partial charge < -0.3 is 44.5 Å². The van der Waals surface area contributed by atoms with Gasteiger partial charge in [-0.05, 0) is 64.0 Å². The topological polar surface area (TPSA) is 170 Å². The highest BCUT2D eigenvalue weighted by Gasteiger charge is 2.17. The molecule has 0 spiro atoms. The number of carbonyl (C=O) groups is 4. The van der Waals surface area contributed by atoms with Gasteiger partial charge in [0.15, 0.2) is 0 Å². The van der Waals surface area contributed by atoms with Crippen LogP contribution in [0.15, 0.2) is 60.9 Å². The van der Waals surface area contributed by atoms with Gasteiger partial charge in [0.05, 0.1) is 67.3 Å². The van der Waals surface area contributed by atoms with Gasteiger partial charge in [0.25, 0.3) is 0 Å². The standard InChI is InChI=1S/C18H12ClN5S.C8H14N2O2.C5H11N.C4H7NO3.2C3H8/c19-14-5-11(15-6-20-9-22-15)1-2-17(14)24-4-3-12-13(8-25-18(12)24)16-7-21-10-23-16;1-7(11)9-6-8(12)10-4-2-3-5-10;1-6-4-2-3-5-6;1-8-4(7)5-2-3-6;2*1-3-2/h1-10H,(H,20,22)(H,21,23);2-6H2,1H3,(H,9,11);2-5H2,1H3;3H,2H2,1H3,(H,5,7);2*3H2,1-2H3. The zero-order chi connectivity index (χ0) is 42.0. The van der Waals surface area contributed by atoms with Crippen molar-refractivity contribution in [1.82, 2.24) is 44.9 Å². The smallest absolute Gasteiger partial charge is 0.407 e. The van der Waals surface area contributed by atoms with Gasteiger partial charge in [-0.1, -0.05) is 58.2 Å². The Hall–Kier alpha value is -4.99. The maximum atomic E-state index is 11.3. The number of nitrogens with one attached hydrogen (secondary N) is 4. The molecule has 2 fully saturated rings. The molecular weight excluding hydrogens is 766 g/mol. The van der Waals surface area contributed by atoms with Crippen molar-refractivity contribution in [1.29, 1.82) is 0 Å². The van der Waals surface area contributed by atoms with Gasteiger partial charge in [-0.2, -0.15) is 0 Å². The van der Waals surface area contributed by atoms with Gasteiger partial charge in [-0.15, -0.1) is 11.3 Å². The van der Waals surface area contributed by atoms with Crippen LogP contribution in [0.5, 0.6) is 0 Å². The van der Waals surface area contributed by atoms with E-state index in [9.17, 15) is 19.2 Å². The van der Waals surface area contributed by atoms with Gasteiger partial charge >= 0.3 is 6.09 Å². The van der Waals surface area contributed by atoms with Crippen molar-refractivity contribution in [2.75, 3.05) is 53.4 Å². The van der Waals surface area contributed by atoms with Crippen LogP contribution in [0.1, 0.15) is 73.1 Å². The number of amides is 3. The van der Waals surface area contributed by atoms with Crippen LogP contribution >= 0.6 is 22.9 Å². The molecule has 3 amide bonds. The van der Waals surface area contributed by atoms with E-state index in [1.54, 1.807) is 35.1 Å². The Labute approximate surface area is 345 Å². The number of H-pyrrole nitrogens is 2. The van der Waals surface area contributed by atoms with Crippen molar-refractivity contribution < 1.29 is 23.9 Å². The van der Waals surface area contributed by atoms with E-state index < -0.39 is 6.09 Å². The normalized spacial score (nSPS) is 12.8. The molecule has 16 heteroatoms. The minimum Gasteiger partial charge on any atom is -0.453 e. The van der Waals surface area contributed by atoms with Crippen LogP contribution < -0.4 is 10.6 Å². The molecule has 0 bridgehead atoms. The average Bonchev–Trinajstić information content (AvgIpc) is 4.05. The molecule has 0 saturated carbocycles. The molecule has 2 saturated heterocycles. The number of methoxy groups -OCH3 is 1. The minimum atomic E-state index is -0.586. The number of rotatable bonds is 7. The molecule has 1 aromatic carbocycles. The monoisotopic (exact) mass is 825 g/mol. The number of hydrogen-bond donors (Lipinski definition) is 4. The summed E-state index contributed by atoms with van der Waals surface area (Å²) in [7, 11) is 3.41. The number of benzene rings is 1. The van der Waals surface area contributed by atoms with E-state index >= 15 is 0 Å².